The van der Waals surface area contributed by atoms with Crippen molar-refractivity contribution in [2.45, 2.75) is 32.6 Å². The molecule has 1 aromatic heterocycles. The van der Waals surface area contributed by atoms with Crippen LogP contribution in [0.15, 0.2) is 24.3 Å². The molecular formula is C20H29N5OS. The van der Waals surface area contributed by atoms with Gasteiger partial charge in [0.25, 0.3) is 0 Å². The number of likely N-dealkylation sites (N-methyl/N-ethyl adjacent to an activating group) is 1. The summed E-state index contributed by atoms with van der Waals surface area (Å²) in [6, 6.07) is 8.41. The molecule has 2 heterocycles. The molecule has 1 amide bonds. The van der Waals surface area contributed by atoms with Crippen molar-refractivity contribution in [3.63, 3.8) is 0 Å². The van der Waals surface area contributed by atoms with Crippen LogP contribution in [-0.2, 0) is 11.2 Å². The number of nitrogens with one attached hydrogen (secondary N) is 1. The van der Waals surface area contributed by atoms with Gasteiger partial charge in [0.1, 0.15) is 5.82 Å². The van der Waals surface area contributed by atoms with Crippen LogP contribution in [0.4, 0.5) is 5.13 Å². The number of aryl methyl sites for hydroxylation is 1. The quantitative estimate of drug-likeness (QED) is 0.754. The number of piperidine rings is 1. The van der Waals surface area contributed by atoms with Gasteiger partial charge in [0.05, 0.1) is 6.54 Å². The molecule has 0 aliphatic carbocycles. The van der Waals surface area contributed by atoms with Crippen LogP contribution in [-0.4, -0.2) is 59.9 Å². The third kappa shape index (κ3) is 6.29. The maximum absolute atomic E-state index is 12.2. The predicted molar refractivity (Wildman–Crippen MR) is 110 cm³/mol. The zero-order valence-electron chi connectivity index (χ0n) is 16.3. The zero-order valence-corrected chi connectivity index (χ0v) is 17.1. The summed E-state index contributed by atoms with van der Waals surface area (Å²) in [7, 11) is 1.89. The lowest BCUT2D eigenvalue weighted by molar-refractivity contribution is -0.119. The van der Waals surface area contributed by atoms with Crippen LogP contribution in [0.3, 0.4) is 0 Å². The highest BCUT2D eigenvalue weighted by Gasteiger charge is 2.14. The molecule has 3 rings (SSSR count). The molecule has 6 nitrogen and oxygen atoms in total. The van der Waals surface area contributed by atoms with Gasteiger partial charge in [0, 0.05) is 38.1 Å². The first-order valence-corrected chi connectivity index (χ1v) is 10.5. The summed E-state index contributed by atoms with van der Waals surface area (Å²) in [5.41, 5.74) is 2.44. The van der Waals surface area contributed by atoms with Crippen molar-refractivity contribution in [3.05, 3.63) is 41.2 Å². The molecular weight excluding hydrogens is 358 g/mol. The molecule has 2 aromatic rings. The van der Waals surface area contributed by atoms with E-state index in [9.17, 15) is 4.79 Å². The normalized spacial score (nSPS) is 14.9. The molecule has 1 N–H and O–H groups in total. The zero-order chi connectivity index (χ0) is 19.1. The Hall–Kier alpha value is -1.99. The van der Waals surface area contributed by atoms with E-state index in [1.807, 2.05) is 11.9 Å². The standard InChI is InChI=1S/C20H29N5OS/c1-16-6-8-17(9-7-16)14-18-22-20(27-23-18)24(2)15-19(26)21-10-13-25-11-4-3-5-12-25/h6-9H,3-5,10-15H2,1-2H3,(H,21,26). The largest absolute Gasteiger partial charge is 0.353 e. The topological polar surface area (TPSA) is 61.4 Å². The molecule has 0 atom stereocenters. The first-order chi connectivity index (χ1) is 13.1. The fraction of sp³-hybridized carbons (Fsp3) is 0.550. The Balaban J connectivity index is 1.42. The number of anilines is 1. The van der Waals surface area contributed by atoms with Crippen LogP contribution in [0, 0.1) is 6.92 Å². The van der Waals surface area contributed by atoms with Crippen molar-refractivity contribution in [2.75, 3.05) is 44.7 Å². The van der Waals surface area contributed by atoms with Crippen LogP contribution < -0.4 is 10.2 Å². The van der Waals surface area contributed by atoms with E-state index >= 15 is 0 Å². The lowest BCUT2D eigenvalue weighted by Crippen LogP contribution is -2.41. The third-order valence-corrected chi connectivity index (χ3v) is 5.71. The number of rotatable bonds is 8. The fourth-order valence-corrected chi connectivity index (χ4v) is 3.88. The van der Waals surface area contributed by atoms with Crippen LogP contribution in [0.5, 0.6) is 0 Å². The van der Waals surface area contributed by atoms with Gasteiger partial charge in [0.2, 0.25) is 11.0 Å². The minimum Gasteiger partial charge on any atom is -0.353 e. The van der Waals surface area contributed by atoms with E-state index < -0.39 is 0 Å². The number of hydrogen-bond acceptors (Lipinski definition) is 6. The number of benzene rings is 1. The molecule has 1 aliphatic heterocycles. The minimum atomic E-state index is 0.0322. The van der Waals surface area contributed by atoms with Gasteiger partial charge >= 0.3 is 0 Å². The van der Waals surface area contributed by atoms with Gasteiger partial charge in [-0.05, 0) is 38.4 Å². The van der Waals surface area contributed by atoms with Gasteiger partial charge in [-0.2, -0.15) is 4.37 Å². The second kappa shape index (κ2) is 9.80. The lowest BCUT2D eigenvalue weighted by Gasteiger charge is -2.26. The van der Waals surface area contributed by atoms with E-state index in [-0.39, 0.29) is 5.91 Å². The Labute approximate surface area is 165 Å². The smallest absolute Gasteiger partial charge is 0.239 e. The Morgan fingerprint density at radius 1 is 1.22 bits per heavy atom. The van der Waals surface area contributed by atoms with Crippen LogP contribution in [0.1, 0.15) is 36.2 Å². The highest BCUT2D eigenvalue weighted by molar-refractivity contribution is 7.09. The van der Waals surface area contributed by atoms with Crippen molar-refractivity contribution in [1.82, 2.24) is 19.6 Å². The number of carbonyl (C=O) groups excluding carboxylic acids is 1. The van der Waals surface area contributed by atoms with Crippen molar-refractivity contribution in [2.24, 2.45) is 0 Å². The summed E-state index contributed by atoms with van der Waals surface area (Å²) < 4.78 is 4.44. The molecule has 1 saturated heterocycles. The van der Waals surface area contributed by atoms with Gasteiger partial charge in [-0.3, -0.25) is 4.79 Å². The van der Waals surface area contributed by atoms with E-state index in [1.165, 1.54) is 41.9 Å². The molecule has 0 unspecified atom stereocenters. The number of likely N-dealkylation sites (tertiary alicyclic amines) is 1. The van der Waals surface area contributed by atoms with Crippen molar-refractivity contribution < 1.29 is 4.79 Å². The SMILES string of the molecule is Cc1ccc(Cc2nsc(N(C)CC(=O)NCCN3CCCCC3)n2)cc1. The minimum absolute atomic E-state index is 0.0322. The molecule has 0 saturated carbocycles. The number of nitrogens with zero attached hydrogens (tertiary/aromatic N) is 4. The van der Waals surface area contributed by atoms with E-state index in [2.05, 4.69) is 50.8 Å². The molecule has 0 radical (unpaired) electrons. The van der Waals surface area contributed by atoms with Crippen LogP contribution in [0.25, 0.3) is 0 Å². The highest BCUT2D eigenvalue weighted by Crippen LogP contribution is 2.17. The van der Waals surface area contributed by atoms with Gasteiger partial charge in [-0.15, -0.1) is 0 Å². The average molecular weight is 388 g/mol. The molecule has 1 aliphatic rings. The summed E-state index contributed by atoms with van der Waals surface area (Å²) in [4.78, 5) is 21.1. The number of aromatic nitrogens is 2. The second-order valence-electron chi connectivity index (χ2n) is 7.26. The summed E-state index contributed by atoms with van der Waals surface area (Å²) >= 11 is 1.35. The maximum Gasteiger partial charge on any atom is 0.239 e. The van der Waals surface area contributed by atoms with Crippen molar-refractivity contribution in [1.29, 1.82) is 0 Å². The van der Waals surface area contributed by atoms with Crippen molar-refractivity contribution >= 4 is 22.6 Å². The highest BCUT2D eigenvalue weighted by atomic mass is 32.1. The molecule has 0 bridgehead atoms. The molecule has 1 aromatic carbocycles. The molecule has 1 fully saturated rings. The third-order valence-electron chi connectivity index (χ3n) is 4.85. The summed E-state index contributed by atoms with van der Waals surface area (Å²) in [5.74, 6) is 0.834. The summed E-state index contributed by atoms with van der Waals surface area (Å²) in [6.07, 6.45) is 4.60. The first kappa shape index (κ1) is 19.8. The van der Waals surface area contributed by atoms with Gasteiger partial charge < -0.3 is 15.1 Å². The average Bonchev–Trinajstić information content (AvgIpc) is 3.13. The van der Waals surface area contributed by atoms with E-state index in [0.717, 1.165) is 30.6 Å². The van der Waals surface area contributed by atoms with Gasteiger partial charge in [-0.25, -0.2) is 4.98 Å². The lowest BCUT2D eigenvalue weighted by atomic mass is 10.1. The number of hydrogen-bond donors (Lipinski definition) is 1. The number of amides is 1. The van der Waals surface area contributed by atoms with Crippen LogP contribution in [0.2, 0.25) is 0 Å². The molecule has 146 valence electrons. The Bertz CT molecular complexity index is 724. The van der Waals surface area contributed by atoms with Gasteiger partial charge in [0.15, 0.2) is 0 Å². The maximum atomic E-state index is 12.2. The molecule has 27 heavy (non-hydrogen) atoms. The van der Waals surface area contributed by atoms with Gasteiger partial charge in [-0.1, -0.05) is 36.2 Å². The molecule has 7 heteroatoms. The van der Waals surface area contributed by atoms with Crippen LogP contribution >= 0.6 is 11.5 Å². The second-order valence-corrected chi connectivity index (χ2v) is 7.99. The summed E-state index contributed by atoms with van der Waals surface area (Å²) in [5, 5.41) is 3.80. The van der Waals surface area contributed by atoms with E-state index in [1.54, 1.807) is 0 Å². The fourth-order valence-electron chi connectivity index (χ4n) is 3.24. The van der Waals surface area contributed by atoms with E-state index in [4.69, 9.17) is 0 Å². The Morgan fingerprint density at radius 2 is 1.96 bits per heavy atom. The predicted octanol–water partition coefficient (Wildman–Crippen LogP) is 2.48. The van der Waals surface area contributed by atoms with E-state index in [0.29, 0.717) is 19.5 Å². The van der Waals surface area contributed by atoms with Crippen molar-refractivity contribution in [3.8, 4) is 0 Å². The number of carbonyl (C=O) groups is 1. The monoisotopic (exact) mass is 387 g/mol. The Kier molecular flexibility index (Phi) is 7.18. The Morgan fingerprint density at radius 3 is 2.70 bits per heavy atom. The first-order valence-electron chi connectivity index (χ1n) is 9.68. The summed E-state index contributed by atoms with van der Waals surface area (Å²) in [6.45, 7) is 6.35. The molecule has 0 spiro atoms.